The Morgan fingerprint density at radius 3 is 2.22 bits per heavy atom. The van der Waals surface area contributed by atoms with Crippen molar-refractivity contribution in [1.29, 1.82) is 0 Å². The summed E-state index contributed by atoms with van der Waals surface area (Å²) < 4.78 is 15.1. The Labute approximate surface area is 187 Å². The fourth-order valence-electron chi connectivity index (χ4n) is 2.94. The summed E-state index contributed by atoms with van der Waals surface area (Å²) in [5.41, 5.74) is 2.06. The molecule has 1 heterocycles. The van der Waals surface area contributed by atoms with Crippen LogP contribution in [-0.4, -0.2) is 32.5 Å². The molecule has 3 aromatic carbocycles. The number of rotatable bonds is 6. The van der Waals surface area contributed by atoms with Gasteiger partial charge in [0.05, 0.1) is 5.75 Å². The van der Waals surface area contributed by atoms with Crippen LogP contribution in [0.4, 0.5) is 14.9 Å². The molecule has 3 amide bonds. The Morgan fingerprint density at radius 2 is 1.53 bits per heavy atom. The molecule has 0 saturated heterocycles. The SMILES string of the molecule is O=C(CSc1nnc(-c2ccc(F)cc2)n1-c1ccccc1)NC(=O)Nc1ccccc1. The Bertz CT molecular complexity index is 1210. The summed E-state index contributed by atoms with van der Waals surface area (Å²) in [5, 5.41) is 13.8. The average Bonchev–Trinajstić information content (AvgIpc) is 3.23. The number of nitrogens with one attached hydrogen (secondary N) is 2. The number of hydrogen-bond acceptors (Lipinski definition) is 5. The predicted octanol–water partition coefficient (Wildman–Crippen LogP) is 4.51. The van der Waals surface area contributed by atoms with Crippen LogP contribution < -0.4 is 10.6 Å². The fraction of sp³-hybridized carbons (Fsp3) is 0.0435. The van der Waals surface area contributed by atoms with Crippen molar-refractivity contribution < 1.29 is 14.0 Å². The number of hydrogen-bond donors (Lipinski definition) is 2. The van der Waals surface area contributed by atoms with Gasteiger partial charge in [0.15, 0.2) is 11.0 Å². The number of benzene rings is 3. The van der Waals surface area contributed by atoms with Crippen molar-refractivity contribution in [2.24, 2.45) is 0 Å². The van der Waals surface area contributed by atoms with E-state index in [0.717, 1.165) is 17.4 Å². The highest BCUT2D eigenvalue weighted by molar-refractivity contribution is 7.99. The maximum atomic E-state index is 13.4. The molecule has 0 aliphatic heterocycles. The molecule has 0 unspecified atom stereocenters. The van der Waals surface area contributed by atoms with Gasteiger partial charge in [-0.1, -0.05) is 48.2 Å². The van der Waals surface area contributed by atoms with Crippen molar-refractivity contribution in [3.8, 4) is 17.1 Å². The van der Waals surface area contributed by atoms with Crippen LogP contribution in [0, 0.1) is 5.82 Å². The zero-order valence-electron chi connectivity index (χ0n) is 16.7. The summed E-state index contributed by atoms with van der Waals surface area (Å²) in [4.78, 5) is 24.3. The van der Waals surface area contributed by atoms with E-state index in [1.54, 1.807) is 41.0 Å². The second-order valence-electron chi connectivity index (χ2n) is 6.64. The summed E-state index contributed by atoms with van der Waals surface area (Å²) in [6.45, 7) is 0. The van der Waals surface area contributed by atoms with E-state index in [1.165, 1.54) is 12.1 Å². The van der Waals surface area contributed by atoms with Gasteiger partial charge in [-0.3, -0.25) is 14.7 Å². The highest BCUT2D eigenvalue weighted by Gasteiger charge is 2.18. The van der Waals surface area contributed by atoms with Crippen molar-refractivity contribution in [1.82, 2.24) is 20.1 Å². The molecule has 160 valence electrons. The van der Waals surface area contributed by atoms with Crippen LogP contribution in [0.2, 0.25) is 0 Å². The quantitative estimate of drug-likeness (QED) is 0.425. The molecule has 0 aliphatic carbocycles. The number of nitrogens with zero attached hydrogens (tertiary/aromatic N) is 3. The van der Waals surface area contributed by atoms with Crippen molar-refractivity contribution in [3.63, 3.8) is 0 Å². The molecule has 7 nitrogen and oxygen atoms in total. The van der Waals surface area contributed by atoms with Gasteiger partial charge in [0.2, 0.25) is 5.91 Å². The molecule has 0 aliphatic rings. The number of halogens is 1. The van der Waals surface area contributed by atoms with Crippen molar-refractivity contribution in [3.05, 3.63) is 90.7 Å². The lowest BCUT2D eigenvalue weighted by atomic mass is 10.2. The number of para-hydroxylation sites is 2. The lowest BCUT2D eigenvalue weighted by Gasteiger charge is -2.10. The molecule has 1 aromatic heterocycles. The zero-order valence-corrected chi connectivity index (χ0v) is 17.6. The number of anilines is 1. The molecule has 0 saturated carbocycles. The Morgan fingerprint density at radius 1 is 0.875 bits per heavy atom. The third kappa shape index (κ3) is 5.19. The molecule has 32 heavy (non-hydrogen) atoms. The largest absolute Gasteiger partial charge is 0.325 e. The molecule has 4 rings (SSSR count). The van der Waals surface area contributed by atoms with Crippen LogP contribution in [0.25, 0.3) is 17.1 Å². The van der Waals surface area contributed by atoms with Gasteiger partial charge >= 0.3 is 6.03 Å². The monoisotopic (exact) mass is 447 g/mol. The zero-order chi connectivity index (χ0) is 22.3. The molecular formula is C23H18FN5O2S. The van der Waals surface area contributed by atoms with Gasteiger partial charge in [-0.25, -0.2) is 9.18 Å². The summed E-state index contributed by atoms with van der Waals surface area (Å²) in [6, 6.07) is 23.6. The van der Waals surface area contributed by atoms with Gasteiger partial charge in [-0.2, -0.15) is 0 Å². The van der Waals surface area contributed by atoms with Gasteiger partial charge in [-0.05, 0) is 48.5 Å². The van der Waals surface area contributed by atoms with Gasteiger partial charge in [0, 0.05) is 16.9 Å². The average molecular weight is 447 g/mol. The second kappa shape index (κ2) is 9.88. The number of amides is 3. The van der Waals surface area contributed by atoms with Gasteiger partial charge in [-0.15, -0.1) is 10.2 Å². The summed E-state index contributed by atoms with van der Waals surface area (Å²) in [7, 11) is 0. The van der Waals surface area contributed by atoms with E-state index in [4.69, 9.17) is 0 Å². The number of imide groups is 1. The summed E-state index contributed by atoms with van der Waals surface area (Å²) in [6.07, 6.45) is 0. The van der Waals surface area contributed by atoms with E-state index < -0.39 is 11.9 Å². The molecule has 9 heteroatoms. The molecule has 0 bridgehead atoms. The van der Waals surface area contributed by atoms with E-state index in [2.05, 4.69) is 20.8 Å². The highest BCUT2D eigenvalue weighted by atomic mass is 32.2. The number of aromatic nitrogens is 3. The van der Waals surface area contributed by atoms with E-state index in [-0.39, 0.29) is 11.6 Å². The maximum Gasteiger partial charge on any atom is 0.325 e. The number of carbonyl (C=O) groups is 2. The first-order chi connectivity index (χ1) is 15.6. The van der Waals surface area contributed by atoms with E-state index in [1.807, 2.05) is 36.4 Å². The Hall–Kier alpha value is -3.98. The maximum absolute atomic E-state index is 13.4. The fourth-order valence-corrected chi connectivity index (χ4v) is 3.69. The van der Waals surface area contributed by atoms with Crippen LogP contribution in [0.1, 0.15) is 0 Å². The minimum atomic E-state index is -0.613. The van der Waals surface area contributed by atoms with E-state index >= 15 is 0 Å². The lowest BCUT2D eigenvalue weighted by molar-refractivity contribution is -0.117. The molecule has 0 fully saturated rings. The number of urea groups is 1. The van der Waals surface area contributed by atoms with Crippen molar-refractivity contribution >= 4 is 29.4 Å². The Balaban J connectivity index is 1.49. The van der Waals surface area contributed by atoms with Gasteiger partial charge in [0.25, 0.3) is 0 Å². The molecule has 4 aromatic rings. The normalized spacial score (nSPS) is 10.5. The first kappa shape index (κ1) is 21.3. The minimum absolute atomic E-state index is 0.0450. The Kier molecular flexibility index (Phi) is 6.57. The second-order valence-corrected chi connectivity index (χ2v) is 7.58. The smallest absolute Gasteiger partial charge is 0.308 e. The van der Waals surface area contributed by atoms with E-state index in [9.17, 15) is 14.0 Å². The van der Waals surface area contributed by atoms with Crippen LogP contribution in [0.15, 0.2) is 90.1 Å². The minimum Gasteiger partial charge on any atom is -0.308 e. The number of carbonyl (C=O) groups excluding carboxylic acids is 2. The predicted molar refractivity (Wildman–Crippen MR) is 121 cm³/mol. The first-order valence-corrected chi connectivity index (χ1v) is 10.6. The third-order valence-electron chi connectivity index (χ3n) is 4.37. The number of thioether (sulfide) groups is 1. The standard InChI is InChI=1S/C23H18FN5O2S/c24-17-13-11-16(12-14-17)21-27-28-23(29(21)19-9-5-2-6-10-19)32-15-20(30)26-22(31)25-18-7-3-1-4-8-18/h1-14H,15H2,(H2,25,26,30,31). The van der Waals surface area contributed by atoms with Crippen LogP contribution in [0.5, 0.6) is 0 Å². The lowest BCUT2D eigenvalue weighted by Crippen LogP contribution is -2.35. The van der Waals surface area contributed by atoms with Crippen LogP contribution in [-0.2, 0) is 4.79 Å². The summed E-state index contributed by atoms with van der Waals surface area (Å²) >= 11 is 1.14. The van der Waals surface area contributed by atoms with E-state index in [0.29, 0.717) is 22.2 Å². The highest BCUT2D eigenvalue weighted by Crippen LogP contribution is 2.28. The molecule has 0 radical (unpaired) electrons. The van der Waals surface area contributed by atoms with Crippen molar-refractivity contribution in [2.75, 3.05) is 11.1 Å². The van der Waals surface area contributed by atoms with Crippen LogP contribution >= 0.6 is 11.8 Å². The van der Waals surface area contributed by atoms with Crippen molar-refractivity contribution in [2.45, 2.75) is 5.16 Å². The molecule has 0 spiro atoms. The molecule has 0 atom stereocenters. The first-order valence-electron chi connectivity index (χ1n) is 9.65. The van der Waals surface area contributed by atoms with Gasteiger partial charge < -0.3 is 5.32 Å². The third-order valence-corrected chi connectivity index (χ3v) is 5.30. The van der Waals surface area contributed by atoms with Gasteiger partial charge in [0.1, 0.15) is 5.82 Å². The van der Waals surface area contributed by atoms with Crippen LogP contribution in [0.3, 0.4) is 0 Å². The molecule has 2 N–H and O–H groups in total. The summed E-state index contributed by atoms with van der Waals surface area (Å²) in [5.74, 6) is -0.355. The topological polar surface area (TPSA) is 88.9 Å². The molecular weight excluding hydrogens is 429 g/mol.